The number of para-hydroxylation sites is 1. The second kappa shape index (κ2) is 9.48. The molecule has 1 amide bonds. The fourth-order valence-corrected chi connectivity index (χ4v) is 4.71. The van der Waals surface area contributed by atoms with E-state index in [1.807, 2.05) is 17.0 Å². The number of hydrogen-bond acceptors (Lipinski definition) is 6. The molecule has 2 fully saturated rings. The van der Waals surface area contributed by atoms with Crippen LogP contribution in [0.1, 0.15) is 37.7 Å². The molecule has 2 aliphatic heterocycles. The van der Waals surface area contributed by atoms with E-state index in [0.717, 1.165) is 69.0 Å². The highest BCUT2D eigenvalue weighted by atomic mass is 16.5. The van der Waals surface area contributed by atoms with E-state index in [0.29, 0.717) is 0 Å². The number of methoxy groups -OCH3 is 3. The number of carbonyl (C=O) groups is 2. The van der Waals surface area contributed by atoms with Gasteiger partial charge in [0.25, 0.3) is 0 Å². The first kappa shape index (κ1) is 21.4. The molecule has 7 nitrogen and oxygen atoms in total. The molecular weight excluding hydrogens is 372 g/mol. The Morgan fingerprint density at radius 1 is 1.03 bits per heavy atom. The SMILES string of the molecule is COC(=O)CCC(=O)N1CC[C@]2(CCCN(Cc3cccc(OC)c3OC)C2)C1. The van der Waals surface area contributed by atoms with Crippen LogP contribution in [-0.4, -0.2) is 69.2 Å². The number of esters is 1. The summed E-state index contributed by atoms with van der Waals surface area (Å²) >= 11 is 0. The van der Waals surface area contributed by atoms with Crippen molar-refractivity contribution < 1.29 is 23.8 Å². The van der Waals surface area contributed by atoms with E-state index in [2.05, 4.69) is 15.7 Å². The van der Waals surface area contributed by atoms with Crippen molar-refractivity contribution in [3.63, 3.8) is 0 Å². The molecule has 3 rings (SSSR count). The van der Waals surface area contributed by atoms with Crippen LogP contribution in [0.25, 0.3) is 0 Å². The van der Waals surface area contributed by atoms with Crippen LogP contribution in [0.3, 0.4) is 0 Å². The molecule has 1 aromatic carbocycles. The van der Waals surface area contributed by atoms with E-state index < -0.39 is 0 Å². The molecule has 0 saturated carbocycles. The lowest BCUT2D eigenvalue weighted by Gasteiger charge is -2.40. The number of piperidine rings is 1. The van der Waals surface area contributed by atoms with Crippen molar-refractivity contribution in [1.29, 1.82) is 0 Å². The van der Waals surface area contributed by atoms with Crippen LogP contribution < -0.4 is 9.47 Å². The highest BCUT2D eigenvalue weighted by molar-refractivity contribution is 5.81. The van der Waals surface area contributed by atoms with E-state index in [9.17, 15) is 9.59 Å². The second-order valence-electron chi connectivity index (χ2n) is 8.11. The fraction of sp³-hybridized carbons (Fsp3) is 0.636. The van der Waals surface area contributed by atoms with Crippen LogP contribution in [0, 0.1) is 5.41 Å². The number of likely N-dealkylation sites (tertiary alicyclic amines) is 2. The highest BCUT2D eigenvalue weighted by Gasteiger charge is 2.42. The summed E-state index contributed by atoms with van der Waals surface area (Å²) in [7, 11) is 4.68. The van der Waals surface area contributed by atoms with E-state index in [4.69, 9.17) is 9.47 Å². The molecule has 0 radical (unpaired) electrons. The van der Waals surface area contributed by atoms with Gasteiger partial charge in [0.1, 0.15) is 0 Å². The van der Waals surface area contributed by atoms with Crippen molar-refractivity contribution in [1.82, 2.24) is 9.80 Å². The predicted molar refractivity (Wildman–Crippen MR) is 109 cm³/mol. The maximum atomic E-state index is 12.5. The molecule has 0 unspecified atom stereocenters. The number of ether oxygens (including phenoxy) is 3. The summed E-state index contributed by atoms with van der Waals surface area (Å²) in [6.45, 7) is 4.36. The van der Waals surface area contributed by atoms with Gasteiger partial charge in [-0.2, -0.15) is 0 Å². The lowest BCUT2D eigenvalue weighted by Crippen LogP contribution is -2.45. The summed E-state index contributed by atoms with van der Waals surface area (Å²) in [4.78, 5) is 28.2. The Balaban J connectivity index is 1.61. The van der Waals surface area contributed by atoms with Crippen molar-refractivity contribution in [2.24, 2.45) is 5.41 Å². The standard InChI is InChI=1S/C22H32N2O5/c1-27-18-7-4-6-17(21(18)29-3)14-23-12-5-10-22(15-23)11-13-24(16-22)19(25)8-9-20(26)28-2/h4,6-7H,5,8-16H2,1-3H3/t22-/m0/s1. The molecule has 1 aromatic rings. The third-order valence-electron chi connectivity index (χ3n) is 6.18. The lowest BCUT2D eigenvalue weighted by atomic mass is 9.79. The van der Waals surface area contributed by atoms with Crippen molar-refractivity contribution in [3.05, 3.63) is 23.8 Å². The zero-order valence-electron chi connectivity index (χ0n) is 17.7. The third-order valence-corrected chi connectivity index (χ3v) is 6.18. The number of amides is 1. The number of hydrogen-bond donors (Lipinski definition) is 0. The van der Waals surface area contributed by atoms with Crippen molar-refractivity contribution in [3.8, 4) is 11.5 Å². The first-order valence-electron chi connectivity index (χ1n) is 10.3. The van der Waals surface area contributed by atoms with E-state index in [-0.39, 0.29) is 30.1 Å². The van der Waals surface area contributed by atoms with E-state index >= 15 is 0 Å². The van der Waals surface area contributed by atoms with Crippen LogP contribution in [0.4, 0.5) is 0 Å². The lowest BCUT2D eigenvalue weighted by molar-refractivity contribution is -0.143. The summed E-state index contributed by atoms with van der Waals surface area (Å²) in [6, 6.07) is 5.99. The molecule has 1 spiro atoms. The minimum atomic E-state index is -0.330. The van der Waals surface area contributed by atoms with Gasteiger partial charge in [0.15, 0.2) is 11.5 Å². The molecule has 0 aliphatic carbocycles. The van der Waals surface area contributed by atoms with Gasteiger partial charge >= 0.3 is 5.97 Å². The molecule has 2 heterocycles. The largest absolute Gasteiger partial charge is 0.493 e. The van der Waals surface area contributed by atoms with Crippen molar-refractivity contribution in [2.45, 2.75) is 38.6 Å². The Bertz CT molecular complexity index is 738. The van der Waals surface area contributed by atoms with Gasteiger partial charge < -0.3 is 19.1 Å². The molecule has 2 aliphatic rings. The van der Waals surface area contributed by atoms with E-state index in [1.54, 1.807) is 14.2 Å². The molecule has 0 bridgehead atoms. The average molecular weight is 405 g/mol. The van der Waals surface area contributed by atoms with Gasteiger partial charge in [0.2, 0.25) is 5.91 Å². The number of nitrogens with zero attached hydrogens (tertiary/aromatic N) is 2. The normalized spacial score (nSPS) is 22.0. The third kappa shape index (κ3) is 5.01. The minimum Gasteiger partial charge on any atom is -0.493 e. The molecule has 0 N–H and O–H groups in total. The van der Waals surface area contributed by atoms with Gasteiger partial charge in [-0.1, -0.05) is 12.1 Å². The van der Waals surface area contributed by atoms with Crippen molar-refractivity contribution in [2.75, 3.05) is 47.5 Å². The zero-order chi connectivity index (χ0) is 20.9. The smallest absolute Gasteiger partial charge is 0.306 e. The van der Waals surface area contributed by atoms with E-state index in [1.165, 1.54) is 7.11 Å². The number of rotatable bonds is 7. The Kier molecular flexibility index (Phi) is 7.00. The summed E-state index contributed by atoms with van der Waals surface area (Å²) in [5, 5.41) is 0. The minimum absolute atomic E-state index is 0.0545. The van der Waals surface area contributed by atoms with Crippen LogP contribution in [0.5, 0.6) is 11.5 Å². The molecule has 7 heteroatoms. The summed E-state index contributed by atoms with van der Waals surface area (Å²) in [6.07, 6.45) is 3.66. The van der Waals surface area contributed by atoms with Gasteiger partial charge in [-0.3, -0.25) is 14.5 Å². The van der Waals surface area contributed by atoms with Crippen LogP contribution in [0.15, 0.2) is 18.2 Å². The van der Waals surface area contributed by atoms with Gasteiger partial charge in [-0.25, -0.2) is 0 Å². The number of benzene rings is 1. The monoisotopic (exact) mass is 404 g/mol. The topological polar surface area (TPSA) is 68.3 Å². The van der Waals surface area contributed by atoms with Gasteiger partial charge in [0, 0.05) is 43.6 Å². The average Bonchev–Trinajstić information content (AvgIpc) is 3.14. The molecular formula is C22H32N2O5. The van der Waals surface area contributed by atoms with Crippen LogP contribution in [-0.2, 0) is 20.9 Å². The van der Waals surface area contributed by atoms with Crippen LogP contribution >= 0.6 is 0 Å². The summed E-state index contributed by atoms with van der Waals surface area (Å²) in [5.41, 5.74) is 1.26. The summed E-state index contributed by atoms with van der Waals surface area (Å²) in [5.74, 6) is 1.27. The number of carbonyl (C=O) groups excluding carboxylic acids is 2. The first-order chi connectivity index (χ1) is 14.0. The molecule has 0 aromatic heterocycles. The van der Waals surface area contributed by atoms with Gasteiger partial charge in [0.05, 0.1) is 27.8 Å². The van der Waals surface area contributed by atoms with Crippen molar-refractivity contribution >= 4 is 11.9 Å². The molecule has 160 valence electrons. The Morgan fingerprint density at radius 3 is 2.59 bits per heavy atom. The molecule has 29 heavy (non-hydrogen) atoms. The first-order valence-corrected chi connectivity index (χ1v) is 10.3. The van der Waals surface area contributed by atoms with Gasteiger partial charge in [-0.15, -0.1) is 0 Å². The maximum Gasteiger partial charge on any atom is 0.306 e. The maximum absolute atomic E-state index is 12.5. The summed E-state index contributed by atoms with van der Waals surface area (Å²) < 4.78 is 15.7. The quantitative estimate of drug-likeness (QED) is 0.651. The fourth-order valence-electron chi connectivity index (χ4n) is 4.71. The predicted octanol–water partition coefficient (Wildman–Crippen LogP) is 2.47. The van der Waals surface area contributed by atoms with Gasteiger partial charge in [-0.05, 0) is 31.9 Å². The second-order valence-corrected chi connectivity index (χ2v) is 8.11. The highest BCUT2D eigenvalue weighted by Crippen LogP contribution is 2.40. The van der Waals surface area contributed by atoms with Crippen LogP contribution in [0.2, 0.25) is 0 Å². The Labute approximate surface area is 172 Å². The molecule has 1 atom stereocenters. The Hall–Kier alpha value is -2.28. The Morgan fingerprint density at radius 2 is 1.86 bits per heavy atom. The molecule has 2 saturated heterocycles. The zero-order valence-corrected chi connectivity index (χ0v) is 17.7.